The topological polar surface area (TPSA) is 61.8 Å². The van der Waals surface area contributed by atoms with E-state index in [2.05, 4.69) is 93.7 Å². The van der Waals surface area contributed by atoms with E-state index in [0.29, 0.717) is 19.4 Å². The molecular formula is C63H112O5. The van der Waals surface area contributed by atoms with Crippen molar-refractivity contribution < 1.29 is 23.8 Å². The first-order valence-corrected chi connectivity index (χ1v) is 29.5. The van der Waals surface area contributed by atoms with Gasteiger partial charge < -0.3 is 14.2 Å². The van der Waals surface area contributed by atoms with E-state index in [1.54, 1.807) is 0 Å². The molecule has 394 valence electrons. The Labute approximate surface area is 423 Å². The van der Waals surface area contributed by atoms with Gasteiger partial charge in [-0.1, -0.05) is 235 Å². The Bertz CT molecular complexity index is 1210. The molecule has 0 aliphatic carbocycles. The highest BCUT2D eigenvalue weighted by molar-refractivity contribution is 5.70. The van der Waals surface area contributed by atoms with E-state index < -0.39 is 6.10 Å². The summed E-state index contributed by atoms with van der Waals surface area (Å²) in [5.74, 6) is -0.410. The summed E-state index contributed by atoms with van der Waals surface area (Å²) < 4.78 is 17.5. The molecule has 1 unspecified atom stereocenters. The zero-order valence-corrected chi connectivity index (χ0v) is 45.4. The molecule has 1 atom stereocenters. The van der Waals surface area contributed by atoms with Crippen molar-refractivity contribution in [3.63, 3.8) is 0 Å². The number of hydrogen-bond donors (Lipinski definition) is 0. The third-order valence-electron chi connectivity index (χ3n) is 12.7. The van der Waals surface area contributed by atoms with Gasteiger partial charge in [0.15, 0.2) is 6.10 Å². The number of allylic oxidation sites excluding steroid dienone is 12. The predicted molar refractivity (Wildman–Crippen MR) is 297 cm³/mol. The molecule has 0 aromatic carbocycles. The van der Waals surface area contributed by atoms with E-state index in [9.17, 15) is 9.59 Å². The van der Waals surface area contributed by atoms with Gasteiger partial charge in [-0.2, -0.15) is 0 Å². The molecule has 0 N–H and O–H groups in total. The quantitative estimate of drug-likeness (QED) is 0.0345. The highest BCUT2D eigenvalue weighted by Crippen LogP contribution is 2.15. The lowest BCUT2D eigenvalue weighted by Crippen LogP contribution is -2.30. The molecule has 0 aliphatic rings. The second-order valence-electron chi connectivity index (χ2n) is 19.5. The molecule has 5 nitrogen and oxygen atoms in total. The summed E-state index contributed by atoms with van der Waals surface area (Å²) in [6, 6.07) is 0. The molecule has 0 aliphatic heterocycles. The summed E-state index contributed by atoms with van der Waals surface area (Å²) in [4.78, 5) is 25.5. The minimum Gasteiger partial charge on any atom is -0.462 e. The Kier molecular flexibility index (Phi) is 56.4. The van der Waals surface area contributed by atoms with Crippen LogP contribution >= 0.6 is 0 Å². The number of carbonyl (C=O) groups is 2. The van der Waals surface area contributed by atoms with Gasteiger partial charge in [0.25, 0.3) is 0 Å². The average molecular weight is 950 g/mol. The first kappa shape index (κ1) is 65.3. The molecule has 0 radical (unpaired) electrons. The molecule has 68 heavy (non-hydrogen) atoms. The molecule has 0 saturated heterocycles. The number of hydrogen-bond acceptors (Lipinski definition) is 5. The van der Waals surface area contributed by atoms with Crippen LogP contribution in [0, 0.1) is 0 Å². The third kappa shape index (κ3) is 55.9. The van der Waals surface area contributed by atoms with Gasteiger partial charge in [0.2, 0.25) is 0 Å². The van der Waals surface area contributed by atoms with Gasteiger partial charge in [0.1, 0.15) is 6.61 Å². The van der Waals surface area contributed by atoms with Crippen molar-refractivity contribution in [2.24, 2.45) is 0 Å². The highest BCUT2D eigenvalue weighted by atomic mass is 16.6. The molecule has 0 spiro atoms. The van der Waals surface area contributed by atoms with Crippen LogP contribution in [-0.2, 0) is 23.8 Å². The number of rotatable bonds is 54. The van der Waals surface area contributed by atoms with Crippen LogP contribution in [0.5, 0.6) is 0 Å². The predicted octanol–water partition coefficient (Wildman–Crippen LogP) is 20.2. The molecule has 0 heterocycles. The zero-order chi connectivity index (χ0) is 49.2. The molecule has 5 heteroatoms. The van der Waals surface area contributed by atoms with Gasteiger partial charge in [-0.15, -0.1) is 0 Å². The van der Waals surface area contributed by atoms with Gasteiger partial charge in [-0.25, -0.2) is 0 Å². The molecule has 0 fully saturated rings. The summed E-state index contributed by atoms with van der Waals surface area (Å²) >= 11 is 0. The Balaban J connectivity index is 4.31. The first-order valence-electron chi connectivity index (χ1n) is 29.5. The fraction of sp³-hybridized carbons (Fsp3) is 0.778. The van der Waals surface area contributed by atoms with Crippen LogP contribution in [0.25, 0.3) is 0 Å². The monoisotopic (exact) mass is 949 g/mol. The minimum absolute atomic E-state index is 0.0746. The van der Waals surface area contributed by atoms with Crippen molar-refractivity contribution in [3.8, 4) is 0 Å². The zero-order valence-electron chi connectivity index (χ0n) is 45.4. The van der Waals surface area contributed by atoms with Gasteiger partial charge in [-0.05, 0) is 116 Å². The van der Waals surface area contributed by atoms with Gasteiger partial charge in [0.05, 0.1) is 6.61 Å². The number of esters is 2. The number of unbranched alkanes of at least 4 members (excludes halogenated alkanes) is 31. The maximum absolute atomic E-state index is 12.9. The highest BCUT2D eigenvalue weighted by Gasteiger charge is 2.17. The standard InChI is InChI=1S/C63H112O5/c1-4-7-10-13-16-19-22-25-28-31-34-37-40-43-46-49-52-55-58-66-59-61(68-63(65)57-54-51-48-45-42-39-36-33-30-27-24-21-18-15-12-9-6-3)60-67-62(64)56-53-50-47-44-41-38-35-32-29-26-23-20-17-14-11-8-5-2/h16-21,25-30,61H,4-15,22-24,31-60H2,1-3H3/b19-16-,20-17-,21-18-,28-25-,29-26-,30-27-. The Morgan fingerprint density at radius 2 is 0.618 bits per heavy atom. The van der Waals surface area contributed by atoms with Gasteiger partial charge >= 0.3 is 11.9 Å². The molecule has 0 rings (SSSR count). The molecular weight excluding hydrogens is 837 g/mol. The summed E-state index contributed by atoms with van der Waals surface area (Å²) in [5.41, 5.74) is 0. The van der Waals surface area contributed by atoms with Gasteiger partial charge in [-0.3, -0.25) is 9.59 Å². The van der Waals surface area contributed by atoms with Gasteiger partial charge in [0, 0.05) is 19.4 Å². The van der Waals surface area contributed by atoms with Crippen molar-refractivity contribution in [2.45, 2.75) is 297 Å². The smallest absolute Gasteiger partial charge is 0.306 e. The fourth-order valence-electron chi connectivity index (χ4n) is 8.25. The molecule has 0 aromatic heterocycles. The summed E-state index contributed by atoms with van der Waals surface area (Å²) in [6.45, 7) is 7.76. The Hall–Kier alpha value is -2.66. The van der Waals surface area contributed by atoms with Crippen molar-refractivity contribution >= 4 is 11.9 Å². The lowest BCUT2D eigenvalue weighted by atomic mass is 10.1. The third-order valence-corrected chi connectivity index (χ3v) is 12.7. The molecule has 0 amide bonds. The van der Waals surface area contributed by atoms with Crippen molar-refractivity contribution in [1.29, 1.82) is 0 Å². The minimum atomic E-state index is -0.550. The SMILES string of the molecule is CCCCC/C=C\C/C=C\CCCCCCCCCCOCC(COC(=O)CCCCCCCCC/C=C\C/C=C\CCCCC)OC(=O)CCCCCCCCC/C=C\C/C=C\CCCCC. The van der Waals surface area contributed by atoms with Crippen LogP contribution in [0.4, 0.5) is 0 Å². The Morgan fingerprint density at radius 3 is 0.971 bits per heavy atom. The van der Waals surface area contributed by atoms with Crippen LogP contribution in [0.2, 0.25) is 0 Å². The lowest BCUT2D eigenvalue weighted by Gasteiger charge is -2.18. The van der Waals surface area contributed by atoms with Crippen LogP contribution in [-0.4, -0.2) is 37.9 Å². The molecule has 0 bridgehead atoms. The van der Waals surface area contributed by atoms with E-state index in [4.69, 9.17) is 14.2 Å². The first-order chi connectivity index (χ1) is 33.6. The number of ether oxygens (including phenoxy) is 3. The summed E-state index contributed by atoms with van der Waals surface area (Å²) in [7, 11) is 0. The molecule has 0 saturated carbocycles. The van der Waals surface area contributed by atoms with E-state index in [1.165, 1.54) is 186 Å². The molecule has 0 aromatic rings. The number of carbonyl (C=O) groups excluding carboxylic acids is 2. The van der Waals surface area contributed by atoms with E-state index in [1.807, 2.05) is 0 Å². The Morgan fingerprint density at radius 1 is 0.324 bits per heavy atom. The van der Waals surface area contributed by atoms with Crippen LogP contribution < -0.4 is 0 Å². The largest absolute Gasteiger partial charge is 0.462 e. The summed E-state index contributed by atoms with van der Waals surface area (Å²) in [5, 5.41) is 0. The lowest BCUT2D eigenvalue weighted by molar-refractivity contribution is -0.163. The second kappa shape index (κ2) is 58.7. The van der Waals surface area contributed by atoms with E-state index in [0.717, 1.165) is 70.6 Å². The van der Waals surface area contributed by atoms with Crippen molar-refractivity contribution in [2.75, 3.05) is 19.8 Å². The van der Waals surface area contributed by atoms with E-state index >= 15 is 0 Å². The second-order valence-corrected chi connectivity index (χ2v) is 19.5. The normalized spacial score (nSPS) is 12.7. The maximum Gasteiger partial charge on any atom is 0.306 e. The summed E-state index contributed by atoms with van der Waals surface area (Å²) in [6.07, 6.45) is 76.3. The fourth-order valence-corrected chi connectivity index (χ4v) is 8.25. The van der Waals surface area contributed by atoms with Crippen LogP contribution in [0.3, 0.4) is 0 Å². The van der Waals surface area contributed by atoms with E-state index in [-0.39, 0.29) is 25.2 Å². The van der Waals surface area contributed by atoms with Crippen LogP contribution in [0.15, 0.2) is 72.9 Å². The van der Waals surface area contributed by atoms with Crippen molar-refractivity contribution in [1.82, 2.24) is 0 Å². The maximum atomic E-state index is 12.9. The van der Waals surface area contributed by atoms with Crippen molar-refractivity contribution in [3.05, 3.63) is 72.9 Å². The van der Waals surface area contributed by atoms with Crippen LogP contribution in [0.1, 0.15) is 290 Å². The average Bonchev–Trinajstić information content (AvgIpc) is 3.34.